The van der Waals surface area contributed by atoms with E-state index in [0.717, 1.165) is 11.1 Å². The summed E-state index contributed by atoms with van der Waals surface area (Å²) in [4.78, 5) is 0. The Morgan fingerprint density at radius 1 is 1.12 bits per heavy atom. The van der Waals surface area contributed by atoms with Crippen LogP contribution < -0.4 is 0 Å². The molecule has 1 aromatic rings. The summed E-state index contributed by atoms with van der Waals surface area (Å²) in [5, 5.41) is 0. The molecule has 1 aliphatic heterocycles. The minimum Gasteiger partial charge on any atom is -0.226 e. The van der Waals surface area contributed by atoms with Gasteiger partial charge < -0.3 is 0 Å². The summed E-state index contributed by atoms with van der Waals surface area (Å²) < 4.78 is 23.3. The van der Waals surface area contributed by atoms with Crippen LogP contribution in [-0.4, -0.2) is 14.2 Å². The molecule has 0 saturated carbocycles. The summed E-state index contributed by atoms with van der Waals surface area (Å²) in [5.41, 5.74) is 2.64. The third-order valence-electron chi connectivity index (χ3n) is 3.33. The fourth-order valence-electron chi connectivity index (χ4n) is 2.09. The molecule has 1 heterocycles. The van der Waals surface area contributed by atoms with E-state index in [0.29, 0.717) is 12.0 Å². The first-order valence-corrected chi connectivity index (χ1v) is 7.52. The molecule has 2 nitrogen and oxygen atoms in total. The fraction of sp³-hybridized carbons (Fsp3) is 0.385. The Morgan fingerprint density at radius 2 is 1.71 bits per heavy atom. The number of hydrogen-bond acceptors (Lipinski definition) is 2. The second-order valence-corrected chi connectivity index (χ2v) is 7.68. The van der Waals surface area contributed by atoms with Gasteiger partial charge in [0, 0.05) is 6.42 Å². The molecule has 0 fully saturated rings. The Labute approximate surface area is 107 Å². The minimum absolute atomic E-state index is 0.0528. The summed E-state index contributed by atoms with van der Waals surface area (Å²) in [6.45, 7) is 3.80. The second kappa shape index (κ2) is 4.14. The van der Waals surface area contributed by atoms with Crippen LogP contribution in [0.1, 0.15) is 25.8 Å². The smallest absolute Gasteiger partial charge is 0.178 e. The lowest BCUT2D eigenvalue weighted by Gasteiger charge is -2.32. The molecular weight excluding hydrogens is 256 g/mol. The monoisotopic (exact) mass is 270 g/mol. The van der Waals surface area contributed by atoms with Crippen LogP contribution in [0.2, 0.25) is 0 Å². The van der Waals surface area contributed by atoms with Gasteiger partial charge in [0.2, 0.25) is 0 Å². The van der Waals surface area contributed by atoms with Gasteiger partial charge in [0.15, 0.2) is 14.0 Å². The molecule has 4 heteroatoms. The van der Waals surface area contributed by atoms with Crippen molar-refractivity contribution in [1.82, 2.24) is 0 Å². The highest BCUT2D eigenvalue weighted by molar-refractivity contribution is 7.93. The van der Waals surface area contributed by atoms with Crippen LogP contribution in [0.25, 0.3) is 0 Å². The summed E-state index contributed by atoms with van der Waals surface area (Å²) in [7, 11) is -3.35. The Bertz CT molecular complexity index is 560. The summed E-state index contributed by atoms with van der Waals surface area (Å²) in [6, 6.07) is 9.04. The van der Waals surface area contributed by atoms with Crippen LogP contribution in [0.3, 0.4) is 0 Å². The van der Waals surface area contributed by atoms with Crippen molar-refractivity contribution in [2.45, 2.75) is 24.5 Å². The maximum Gasteiger partial charge on any atom is 0.178 e. The van der Waals surface area contributed by atoms with Gasteiger partial charge in [-0.15, -0.1) is 0 Å². The van der Waals surface area contributed by atoms with Crippen LogP contribution in [0.5, 0.6) is 0 Å². The van der Waals surface area contributed by atoms with Crippen LogP contribution in [0.15, 0.2) is 41.5 Å². The van der Waals surface area contributed by atoms with Crippen molar-refractivity contribution in [2.24, 2.45) is 0 Å². The second-order valence-electron chi connectivity index (χ2n) is 4.59. The lowest BCUT2D eigenvalue weighted by Crippen LogP contribution is -2.36. The van der Waals surface area contributed by atoms with E-state index in [4.69, 9.17) is 11.6 Å². The number of halogens is 1. The maximum atomic E-state index is 12.3. The molecule has 1 aromatic carbocycles. The number of benzene rings is 1. The number of hydrogen-bond donors (Lipinski definition) is 0. The van der Waals surface area contributed by atoms with Crippen molar-refractivity contribution in [3.05, 3.63) is 47.0 Å². The van der Waals surface area contributed by atoms with Crippen molar-refractivity contribution >= 4 is 21.4 Å². The number of allylic oxidation sites excluding steroid dienone is 1. The zero-order valence-electron chi connectivity index (χ0n) is 9.90. The van der Waals surface area contributed by atoms with Gasteiger partial charge in [-0.2, -0.15) is 0 Å². The minimum atomic E-state index is -3.35. The van der Waals surface area contributed by atoms with E-state index < -0.39 is 14.0 Å². The zero-order chi connectivity index (χ0) is 12.7. The first kappa shape index (κ1) is 12.7. The Balaban J connectivity index is 2.59. The molecule has 0 spiro atoms. The van der Waals surface area contributed by atoms with Gasteiger partial charge in [-0.3, -0.25) is 0 Å². The van der Waals surface area contributed by atoms with Crippen LogP contribution >= 0.6 is 11.6 Å². The third kappa shape index (κ3) is 2.02. The Kier molecular flexibility index (Phi) is 3.08. The van der Waals surface area contributed by atoms with Crippen molar-refractivity contribution < 1.29 is 8.42 Å². The lowest BCUT2D eigenvalue weighted by atomic mass is 10.0. The zero-order valence-corrected chi connectivity index (χ0v) is 11.5. The predicted octanol–water partition coefficient (Wildman–Crippen LogP) is 3.23. The SMILES string of the molecule is CC1=C(C)CS(=O)(=O)C(Cl)(c2ccccc2)C1. The maximum absolute atomic E-state index is 12.3. The molecule has 2 rings (SSSR count). The first-order valence-electron chi connectivity index (χ1n) is 5.49. The van der Waals surface area contributed by atoms with Gasteiger partial charge in [-0.1, -0.05) is 53.1 Å². The number of sulfone groups is 1. The molecule has 0 radical (unpaired) electrons. The van der Waals surface area contributed by atoms with Gasteiger partial charge in [0.25, 0.3) is 0 Å². The highest BCUT2D eigenvalue weighted by Crippen LogP contribution is 2.45. The largest absolute Gasteiger partial charge is 0.226 e. The van der Waals surface area contributed by atoms with Crippen LogP contribution in [0.4, 0.5) is 0 Å². The van der Waals surface area contributed by atoms with Crippen molar-refractivity contribution in [3.63, 3.8) is 0 Å². The summed E-state index contributed by atoms with van der Waals surface area (Å²) in [5.74, 6) is 0.0528. The van der Waals surface area contributed by atoms with Gasteiger partial charge in [-0.05, 0) is 19.4 Å². The fourth-order valence-corrected chi connectivity index (χ4v) is 4.56. The quantitative estimate of drug-likeness (QED) is 0.580. The summed E-state index contributed by atoms with van der Waals surface area (Å²) in [6.07, 6.45) is 0.368. The predicted molar refractivity (Wildman–Crippen MR) is 70.8 cm³/mol. The van der Waals surface area contributed by atoms with Crippen LogP contribution in [-0.2, 0) is 14.0 Å². The van der Waals surface area contributed by atoms with Crippen molar-refractivity contribution in [2.75, 3.05) is 5.75 Å². The van der Waals surface area contributed by atoms with E-state index in [9.17, 15) is 8.42 Å². The topological polar surface area (TPSA) is 34.1 Å². The van der Waals surface area contributed by atoms with Crippen molar-refractivity contribution in [1.29, 1.82) is 0 Å². The molecule has 1 unspecified atom stereocenters. The average molecular weight is 271 g/mol. The van der Waals surface area contributed by atoms with Gasteiger partial charge in [0.05, 0.1) is 5.75 Å². The highest BCUT2D eigenvalue weighted by atomic mass is 35.5. The van der Waals surface area contributed by atoms with E-state index in [2.05, 4.69) is 0 Å². The summed E-state index contributed by atoms with van der Waals surface area (Å²) >= 11 is 6.43. The molecule has 0 N–H and O–H groups in total. The molecular formula is C13H15ClO2S. The molecule has 1 aliphatic rings. The number of alkyl halides is 1. The number of rotatable bonds is 1. The van der Waals surface area contributed by atoms with E-state index in [1.165, 1.54) is 0 Å². The van der Waals surface area contributed by atoms with Gasteiger partial charge in [-0.25, -0.2) is 8.42 Å². The lowest BCUT2D eigenvalue weighted by molar-refractivity contribution is 0.566. The molecule has 92 valence electrons. The molecule has 0 amide bonds. The molecule has 0 bridgehead atoms. The molecule has 0 aromatic heterocycles. The van der Waals surface area contributed by atoms with Crippen LogP contribution in [0, 0.1) is 0 Å². The highest BCUT2D eigenvalue weighted by Gasteiger charge is 2.46. The van der Waals surface area contributed by atoms with Gasteiger partial charge in [0.1, 0.15) is 0 Å². The van der Waals surface area contributed by atoms with E-state index in [1.54, 1.807) is 12.1 Å². The third-order valence-corrected chi connectivity index (χ3v) is 6.56. The molecule has 17 heavy (non-hydrogen) atoms. The Hall–Kier alpha value is -0.800. The molecule has 0 saturated heterocycles. The first-order chi connectivity index (χ1) is 7.87. The average Bonchev–Trinajstić information content (AvgIpc) is 2.27. The molecule has 1 atom stereocenters. The Morgan fingerprint density at radius 3 is 2.29 bits per heavy atom. The van der Waals surface area contributed by atoms with E-state index in [-0.39, 0.29) is 5.75 Å². The van der Waals surface area contributed by atoms with E-state index >= 15 is 0 Å². The standard InChI is InChI=1S/C13H15ClO2S/c1-10-8-13(14,12-6-4-3-5-7-12)17(15,16)9-11(10)2/h3-7H,8-9H2,1-2H3. The normalized spacial score (nSPS) is 28.2. The van der Waals surface area contributed by atoms with Crippen molar-refractivity contribution in [3.8, 4) is 0 Å². The van der Waals surface area contributed by atoms with E-state index in [1.807, 2.05) is 32.0 Å². The molecule has 0 aliphatic carbocycles. The van der Waals surface area contributed by atoms with Gasteiger partial charge >= 0.3 is 0 Å².